The maximum Gasteiger partial charge on any atom is 0.418 e. The number of hydrogen-bond acceptors (Lipinski definition) is 5. The van der Waals surface area contributed by atoms with Crippen LogP contribution in [0.1, 0.15) is 32.3 Å². The molecule has 3 aromatic rings. The first-order valence-electron chi connectivity index (χ1n) is 10.1. The fourth-order valence-electron chi connectivity index (χ4n) is 4.19. The Morgan fingerprint density at radius 1 is 1.29 bits per heavy atom. The molecule has 4 heterocycles. The van der Waals surface area contributed by atoms with Crippen molar-refractivity contribution in [1.29, 1.82) is 0 Å². The van der Waals surface area contributed by atoms with Crippen LogP contribution in [0.3, 0.4) is 0 Å². The van der Waals surface area contributed by atoms with Crippen molar-refractivity contribution in [1.82, 2.24) is 20.2 Å². The number of aliphatic hydroxyl groups excluding tert-OH is 1. The van der Waals surface area contributed by atoms with Crippen LogP contribution in [0.5, 0.6) is 0 Å². The normalized spacial score (nSPS) is 22.5. The number of aromatic nitrogens is 4. The third-order valence-electron chi connectivity index (χ3n) is 5.55. The van der Waals surface area contributed by atoms with Crippen LogP contribution in [0.25, 0.3) is 22.4 Å². The third kappa shape index (κ3) is 4.08. The molecule has 31 heavy (non-hydrogen) atoms. The van der Waals surface area contributed by atoms with Gasteiger partial charge in [0.2, 0.25) is 0 Å². The van der Waals surface area contributed by atoms with Crippen LogP contribution in [0.2, 0.25) is 0 Å². The highest BCUT2D eigenvalue weighted by Crippen LogP contribution is 2.40. The van der Waals surface area contributed by atoms with Crippen molar-refractivity contribution >= 4 is 16.9 Å². The van der Waals surface area contributed by atoms with E-state index in [1.807, 2.05) is 13.8 Å². The number of aromatic amines is 1. The Labute approximate surface area is 176 Å². The summed E-state index contributed by atoms with van der Waals surface area (Å²) in [7, 11) is 0. The van der Waals surface area contributed by atoms with Gasteiger partial charge in [-0.1, -0.05) is 13.8 Å². The van der Waals surface area contributed by atoms with Gasteiger partial charge in [-0.25, -0.2) is 14.4 Å². The molecule has 3 aromatic heterocycles. The lowest BCUT2D eigenvalue weighted by Crippen LogP contribution is -2.55. The molecule has 0 unspecified atom stereocenters. The highest BCUT2D eigenvalue weighted by atomic mass is 19.4. The number of rotatable bonds is 4. The van der Waals surface area contributed by atoms with Crippen LogP contribution in [-0.2, 0) is 6.18 Å². The number of halogens is 4. The number of H-pyrrole nitrogens is 1. The van der Waals surface area contributed by atoms with E-state index in [1.54, 1.807) is 17.0 Å². The van der Waals surface area contributed by atoms with Gasteiger partial charge in [-0.15, -0.1) is 0 Å². The fraction of sp³-hybridized carbons (Fsp3) is 0.476. The predicted octanol–water partition coefficient (Wildman–Crippen LogP) is 4.36. The summed E-state index contributed by atoms with van der Waals surface area (Å²) in [6, 6.07) is 5.42. The van der Waals surface area contributed by atoms with Crippen molar-refractivity contribution in [3.8, 4) is 11.4 Å². The van der Waals surface area contributed by atoms with Crippen molar-refractivity contribution in [2.45, 2.75) is 44.6 Å². The van der Waals surface area contributed by atoms with E-state index >= 15 is 4.39 Å². The van der Waals surface area contributed by atoms with E-state index in [0.717, 1.165) is 6.07 Å². The Kier molecular flexibility index (Phi) is 5.36. The second-order valence-corrected chi connectivity index (χ2v) is 8.40. The number of aliphatic hydroxyl groups is 1. The first-order valence-corrected chi connectivity index (χ1v) is 10.1. The van der Waals surface area contributed by atoms with Gasteiger partial charge < -0.3 is 10.0 Å². The zero-order chi connectivity index (χ0) is 22.4. The van der Waals surface area contributed by atoms with E-state index in [-0.39, 0.29) is 54.7 Å². The highest BCUT2D eigenvalue weighted by molar-refractivity contribution is 5.90. The SMILES string of the molecule is CC(C)C[C@@]1(F)CN(c2ccc(C(F)(F)F)c(-c3[nH]nc4ncccc34)n2)CC[C@H]1O. The summed E-state index contributed by atoms with van der Waals surface area (Å²) in [4.78, 5) is 9.92. The van der Waals surface area contributed by atoms with Gasteiger partial charge in [0, 0.05) is 18.1 Å². The minimum Gasteiger partial charge on any atom is -0.390 e. The third-order valence-corrected chi connectivity index (χ3v) is 5.55. The van der Waals surface area contributed by atoms with E-state index in [1.165, 1.54) is 12.3 Å². The summed E-state index contributed by atoms with van der Waals surface area (Å²) in [6.07, 6.45) is -3.95. The molecule has 2 atom stereocenters. The van der Waals surface area contributed by atoms with Gasteiger partial charge in [0.25, 0.3) is 0 Å². The second-order valence-electron chi connectivity index (χ2n) is 8.40. The molecule has 0 saturated carbocycles. The van der Waals surface area contributed by atoms with Crippen LogP contribution in [0.4, 0.5) is 23.4 Å². The van der Waals surface area contributed by atoms with Crippen LogP contribution >= 0.6 is 0 Å². The van der Waals surface area contributed by atoms with Crippen molar-refractivity contribution in [2.24, 2.45) is 5.92 Å². The topological polar surface area (TPSA) is 77.9 Å². The monoisotopic (exact) mass is 437 g/mol. The molecule has 6 nitrogen and oxygen atoms in total. The summed E-state index contributed by atoms with van der Waals surface area (Å²) in [5.74, 6) is 0.229. The van der Waals surface area contributed by atoms with E-state index in [4.69, 9.17) is 0 Å². The van der Waals surface area contributed by atoms with Crippen molar-refractivity contribution in [2.75, 3.05) is 18.0 Å². The maximum absolute atomic E-state index is 15.5. The molecule has 1 fully saturated rings. The Morgan fingerprint density at radius 2 is 2.06 bits per heavy atom. The van der Waals surface area contributed by atoms with E-state index < -0.39 is 23.5 Å². The summed E-state index contributed by atoms with van der Waals surface area (Å²) in [5, 5.41) is 17.2. The summed E-state index contributed by atoms with van der Waals surface area (Å²) in [6.45, 7) is 3.86. The molecule has 0 amide bonds. The Bertz CT molecular complexity index is 1080. The van der Waals surface area contributed by atoms with Crippen LogP contribution in [0.15, 0.2) is 30.5 Å². The number of anilines is 1. The van der Waals surface area contributed by atoms with Gasteiger partial charge in [-0.05, 0) is 43.0 Å². The quantitative estimate of drug-likeness (QED) is 0.593. The van der Waals surface area contributed by atoms with Gasteiger partial charge in [-0.3, -0.25) is 5.10 Å². The Morgan fingerprint density at radius 3 is 2.77 bits per heavy atom. The maximum atomic E-state index is 15.5. The number of hydrogen-bond donors (Lipinski definition) is 2. The number of alkyl halides is 4. The number of pyridine rings is 2. The largest absolute Gasteiger partial charge is 0.418 e. The number of nitrogens with one attached hydrogen (secondary N) is 1. The van der Waals surface area contributed by atoms with Gasteiger partial charge in [0.15, 0.2) is 11.3 Å². The van der Waals surface area contributed by atoms with E-state index in [2.05, 4.69) is 20.2 Å². The summed E-state index contributed by atoms with van der Waals surface area (Å²) >= 11 is 0. The molecule has 1 saturated heterocycles. The number of piperidine rings is 1. The highest BCUT2D eigenvalue weighted by Gasteiger charge is 2.44. The molecule has 4 rings (SSSR count). The first kappa shape index (κ1) is 21.5. The Hall–Kier alpha value is -2.75. The lowest BCUT2D eigenvalue weighted by molar-refractivity contribution is -0.137. The molecule has 0 bridgehead atoms. The van der Waals surface area contributed by atoms with E-state index in [0.29, 0.717) is 5.39 Å². The average Bonchev–Trinajstić information content (AvgIpc) is 3.12. The first-order chi connectivity index (χ1) is 14.6. The summed E-state index contributed by atoms with van der Waals surface area (Å²) < 4.78 is 56.7. The smallest absolute Gasteiger partial charge is 0.390 e. The standard InChI is InChI=1S/C21H23F4N5O/c1-12(2)10-20(22)11-30(9-7-15(20)31)16-6-5-14(21(23,24)25)18(27-16)17-13-4-3-8-26-19(13)29-28-17/h3-6,8,12,15,31H,7,9-11H2,1-2H3,(H,26,28,29)/t15-,20-/m1/s1. The molecular formula is C21H23F4N5O. The zero-order valence-electron chi connectivity index (χ0n) is 17.1. The van der Waals surface area contributed by atoms with Crippen molar-refractivity contribution in [3.05, 3.63) is 36.0 Å². The molecule has 0 aromatic carbocycles. The molecule has 0 aliphatic carbocycles. The molecule has 10 heteroatoms. The molecule has 2 N–H and O–H groups in total. The molecule has 0 spiro atoms. The number of fused-ring (bicyclic) bond motifs is 1. The lowest BCUT2D eigenvalue weighted by atomic mass is 9.84. The summed E-state index contributed by atoms with van der Waals surface area (Å²) in [5.41, 5.74) is -2.72. The molecular weight excluding hydrogens is 414 g/mol. The zero-order valence-corrected chi connectivity index (χ0v) is 17.1. The molecule has 166 valence electrons. The fourth-order valence-corrected chi connectivity index (χ4v) is 4.19. The molecule has 1 aliphatic heterocycles. The van der Waals surface area contributed by atoms with Crippen LogP contribution in [0, 0.1) is 5.92 Å². The second kappa shape index (κ2) is 7.74. The lowest BCUT2D eigenvalue weighted by Gasteiger charge is -2.42. The van der Waals surface area contributed by atoms with Crippen molar-refractivity contribution < 1.29 is 22.7 Å². The Balaban J connectivity index is 1.78. The van der Waals surface area contributed by atoms with Gasteiger partial charge >= 0.3 is 6.18 Å². The molecule has 1 aliphatic rings. The van der Waals surface area contributed by atoms with Crippen LogP contribution in [-0.4, -0.2) is 50.1 Å². The minimum atomic E-state index is -4.64. The van der Waals surface area contributed by atoms with E-state index in [9.17, 15) is 18.3 Å². The number of nitrogens with zero attached hydrogens (tertiary/aromatic N) is 4. The van der Waals surface area contributed by atoms with Gasteiger partial charge in [-0.2, -0.15) is 18.3 Å². The van der Waals surface area contributed by atoms with Crippen LogP contribution < -0.4 is 4.90 Å². The minimum absolute atomic E-state index is 0.0135. The average molecular weight is 437 g/mol. The van der Waals surface area contributed by atoms with Gasteiger partial charge in [0.05, 0.1) is 23.9 Å². The predicted molar refractivity (Wildman–Crippen MR) is 108 cm³/mol. The molecule has 0 radical (unpaired) electrons. The van der Waals surface area contributed by atoms with Gasteiger partial charge in [0.1, 0.15) is 11.5 Å². The van der Waals surface area contributed by atoms with Crippen molar-refractivity contribution in [3.63, 3.8) is 0 Å².